The van der Waals surface area contributed by atoms with Gasteiger partial charge in [-0.1, -0.05) is 19.3 Å². The number of nitrogens with zero attached hydrogens (tertiary/aromatic N) is 2. The zero-order valence-electron chi connectivity index (χ0n) is 18.6. The molecule has 0 spiro atoms. The number of ether oxygens (including phenoxy) is 2. The molecule has 3 rings (SSSR count). The summed E-state index contributed by atoms with van der Waals surface area (Å²) in [6.07, 6.45) is 6.72. The number of hydrogen-bond donors (Lipinski definition) is 2. The Morgan fingerprint density at radius 2 is 1.97 bits per heavy atom. The van der Waals surface area contributed by atoms with E-state index in [2.05, 4.69) is 17.6 Å². The molecule has 1 unspecified atom stereocenters. The standard InChI is InChI=1S/C23H36N4O3/c1-4-24-23(25-15-18-10-11-20(29-2)14-21(18)30-3)26-19-12-13-27(16-19)22(28)17-8-6-5-7-9-17/h10-11,14,17,19H,4-9,12-13,15-16H2,1-3H3,(H2,24,25,26). The number of aliphatic imine (C=N–C) groups is 1. The molecule has 166 valence electrons. The third-order valence-corrected chi connectivity index (χ3v) is 6.04. The lowest BCUT2D eigenvalue weighted by molar-refractivity contribution is -0.135. The largest absolute Gasteiger partial charge is 0.497 e. The summed E-state index contributed by atoms with van der Waals surface area (Å²) >= 11 is 0. The van der Waals surface area contributed by atoms with Crippen molar-refractivity contribution in [2.24, 2.45) is 10.9 Å². The molecule has 7 nitrogen and oxygen atoms in total. The van der Waals surface area contributed by atoms with Gasteiger partial charge in [0, 0.05) is 43.2 Å². The van der Waals surface area contributed by atoms with Crippen LogP contribution in [-0.4, -0.2) is 56.7 Å². The summed E-state index contributed by atoms with van der Waals surface area (Å²) in [6, 6.07) is 5.99. The Bertz CT molecular complexity index is 731. The number of methoxy groups -OCH3 is 2. The van der Waals surface area contributed by atoms with Gasteiger partial charge in [0.05, 0.1) is 20.8 Å². The Kier molecular flexibility index (Phi) is 8.22. The maximum atomic E-state index is 12.8. The van der Waals surface area contributed by atoms with E-state index in [1.54, 1.807) is 14.2 Å². The van der Waals surface area contributed by atoms with Crippen molar-refractivity contribution in [3.8, 4) is 11.5 Å². The van der Waals surface area contributed by atoms with Crippen LogP contribution in [0.4, 0.5) is 0 Å². The number of rotatable bonds is 7. The minimum absolute atomic E-state index is 0.230. The molecule has 1 atom stereocenters. The van der Waals surface area contributed by atoms with Crippen LogP contribution in [0.15, 0.2) is 23.2 Å². The molecule has 30 heavy (non-hydrogen) atoms. The summed E-state index contributed by atoms with van der Waals surface area (Å²) in [5, 5.41) is 6.83. The molecule has 7 heteroatoms. The summed E-state index contributed by atoms with van der Waals surface area (Å²) in [5.74, 6) is 2.88. The molecule has 0 bridgehead atoms. The number of benzene rings is 1. The third kappa shape index (κ3) is 5.80. The predicted molar refractivity (Wildman–Crippen MR) is 119 cm³/mol. The molecule has 1 aliphatic heterocycles. The fourth-order valence-corrected chi connectivity index (χ4v) is 4.35. The molecule has 1 aromatic carbocycles. The van der Waals surface area contributed by atoms with Gasteiger partial charge >= 0.3 is 0 Å². The van der Waals surface area contributed by atoms with Crippen LogP contribution in [0.1, 0.15) is 51.0 Å². The van der Waals surface area contributed by atoms with Crippen LogP contribution in [-0.2, 0) is 11.3 Å². The molecule has 0 radical (unpaired) electrons. The minimum Gasteiger partial charge on any atom is -0.497 e. The second-order valence-corrected chi connectivity index (χ2v) is 8.12. The van der Waals surface area contributed by atoms with Gasteiger partial charge in [0.25, 0.3) is 0 Å². The summed E-state index contributed by atoms with van der Waals surface area (Å²) in [4.78, 5) is 19.6. The van der Waals surface area contributed by atoms with Gasteiger partial charge in [0.2, 0.25) is 5.91 Å². The van der Waals surface area contributed by atoms with Crippen molar-refractivity contribution in [1.82, 2.24) is 15.5 Å². The lowest BCUT2D eigenvalue weighted by Gasteiger charge is -2.26. The highest BCUT2D eigenvalue weighted by atomic mass is 16.5. The molecule has 2 fully saturated rings. The lowest BCUT2D eigenvalue weighted by Crippen LogP contribution is -2.45. The van der Waals surface area contributed by atoms with Crippen molar-refractivity contribution in [1.29, 1.82) is 0 Å². The zero-order chi connectivity index (χ0) is 21.3. The number of carbonyl (C=O) groups is 1. The number of amides is 1. The quantitative estimate of drug-likeness (QED) is 0.528. The highest BCUT2D eigenvalue weighted by Gasteiger charge is 2.31. The fourth-order valence-electron chi connectivity index (χ4n) is 4.35. The first kappa shape index (κ1) is 22.2. The normalized spacial score (nSPS) is 20.2. The summed E-state index contributed by atoms with van der Waals surface area (Å²) in [6.45, 7) is 4.92. The Labute approximate surface area is 180 Å². The Hall–Kier alpha value is -2.44. The lowest BCUT2D eigenvalue weighted by atomic mass is 9.88. The van der Waals surface area contributed by atoms with Crippen molar-refractivity contribution in [3.05, 3.63) is 23.8 Å². The van der Waals surface area contributed by atoms with E-state index in [9.17, 15) is 4.79 Å². The number of carbonyl (C=O) groups excluding carboxylic acids is 1. The molecular formula is C23H36N4O3. The molecule has 1 aromatic rings. The van der Waals surface area contributed by atoms with Crippen LogP contribution in [0.2, 0.25) is 0 Å². The van der Waals surface area contributed by atoms with E-state index >= 15 is 0 Å². The van der Waals surface area contributed by atoms with E-state index in [1.807, 2.05) is 23.1 Å². The molecule has 2 aliphatic rings. The number of nitrogens with one attached hydrogen (secondary N) is 2. The summed E-state index contributed by atoms with van der Waals surface area (Å²) in [5.41, 5.74) is 0.996. The van der Waals surface area contributed by atoms with Crippen molar-refractivity contribution >= 4 is 11.9 Å². The number of guanidine groups is 1. The molecule has 1 saturated carbocycles. The SMILES string of the molecule is CCNC(=NCc1ccc(OC)cc1OC)NC1CCN(C(=O)C2CCCCC2)C1. The first-order chi connectivity index (χ1) is 14.6. The van der Waals surface area contributed by atoms with E-state index in [4.69, 9.17) is 14.5 Å². The summed E-state index contributed by atoms with van der Waals surface area (Å²) < 4.78 is 10.7. The molecule has 2 N–H and O–H groups in total. The second-order valence-electron chi connectivity index (χ2n) is 8.12. The van der Waals surface area contributed by atoms with E-state index in [0.29, 0.717) is 12.5 Å². The fraction of sp³-hybridized carbons (Fsp3) is 0.652. The van der Waals surface area contributed by atoms with Gasteiger partial charge in [0.15, 0.2) is 5.96 Å². The highest BCUT2D eigenvalue weighted by Crippen LogP contribution is 2.27. The molecule has 1 aliphatic carbocycles. The van der Waals surface area contributed by atoms with Gasteiger partial charge in [-0.25, -0.2) is 4.99 Å². The van der Waals surface area contributed by atoms with Crippen molar-refractivity contribution in [2.75, 3.05) is 33.9 Å². The van der Waals surface area contributed by atoms with Crippen LogP contribution in [0.25, 0.3) is 0 Å². The molecule has 1 saturated heterocycles. The van der Waals surface area contributed by atoms with Crippen LogP contribution in [0.3, 0.4) is 0 Å². The Morgan fingerprint density at radius 3 is 2.67 bits per heavy atom. The topological polar surface area (TPSA) is 75.2 Å². The van der Waals surface area contributed by atoms with E-state index in [1.165, 1.54) is 19.3 Å². The van der Waals surface area contributed by atoms with Gasteiger partial charge in [-0.2, -0.15) is 0 Å². The zero-order valence-corrected chi connectivity index (χ0v) is 18.6. The van der Waals surface area contributed by atoms with Crippen molar-refractivity contribution in [2.45, 2.75) is 58.0 Å². The van der Waals surface area contributed by atoms with Crippen LogP contribution >= 0.6 is 0 Å². The maximum absolute atomic E-state index is 12.8. The summed E-state index contributed by atoms with van der Waals surface area (Å²) in [7, 11) is 3.30. The van der Waals surface area contributed by atoms with E-state index < -0.39 is 0 Å². The van der Waals surface area contributed by atoms with Gasteiger partial charge in [-0.3, -0.25) is 4.79 Å². The maximum Gasteiger partial charge on any atom is 0.225 e. The first-order valence-electron chi connectivity index (χ1n) is 11.2. The predicted octanol–water partition coefficient (Wildman–Crippen LogP) is 2.94. The van der Waals surface area contributed by atoms with Crippen LogP contribution in [0, 0.1) is 5.92 Å². The first-order valence-corrected chi connectivity index (χ1v) is 11.2. The third-order valence-electron chi connectivity index (χ3n) is 6.04. The number of hydrogen-bond acceptors (Lipinski definition) is 4. The monoisotopic (exact) mass is 416 g/mol. The Balaban J connectivity index is 1.58. The number of likely N-dealkylation sites (tertiary alicyclic amines) is 1. The second kappa shape index (κ2) is 11.1. The van der Waals surface area contributed by atoms with Crippen LogP contribution < -0.4 is 20.1 Å². The minimum atomic E-state index is 0.230. The van der Waals surface area contributed by atoms with E-state index in [-0.39, 0.29) is 12.0 Å². The van der Waals surface area contributed by atoms with Gasteiger partial charge in [-0.15, -0.1) is 0 Å². The van der Waals surface area contributed by atoms with Gasteiger partial charge in [-0.05, 0) is 38.3 Å². The van der Waals surface area contributed by atoms with Gasteiger partial charge < -0.3 is 25.0 Å². The molecule has 1 amide bonds. The smallest absolute Gasteiger partial charge is 0.225 e. The van der Waals surface area contributed by atoms with Crippen molar-refractivity contribution in [3.63, 3.8) is 0 Å². The molecule has 1 heterocycles. The van der Waals surface area contributed by atoms with Gasteiger partial charge in [0.1, 0.15) is 11.5 Å². The average molecular weight is 417 g/mol. The highest BCUT2D eigenvalue weighted by molar-refractivity contribution is 5.81. The average Bonchev–Trinajstić information content (AvgIpc) is 3.26. The molecular weight excluding hydrogens is 380 g/mol. The Morgan fingerprint density at radius 1 is 1.17 bits per heavy atom. The molecule has 0 aromatic heterocycles. The van der Waals surface area contributed by atoms with E-state index in [0.717, 1.165) is 61.9 Å². The van der Waals surface area contributed by atoms with Crippen molar-refractivity contribution < 1.29 is 14.3 Å². The van der Waals surface area contributed by atoms with Crippen LogP contribution in [0.5, 0.6) is 11.5 Å².